The molecule has 0 spiro atoms. The second-order valence-electron chi connectivity index (χ2n) is 6.11. The van der Waals surface area contributed by atoms with Gasteiger partial charge < -0.3 is 9.72 Å². The zero-order valence-electron chi connectivity index (χ0n) is 14.2. The van der Waals surface area contributed by atoms with Gasteiger partial charge >= 0.3 is 0 Å². The van der Waals surface area contributed by atoms with Gasteiger partial charge in [0.25, 0.3) is 0 Å². The largest absolute Gasteiger partial charge is 0.379 e. The van der Waals surface area contributed by atoms with Crippen molar-refractivity contribution in [2.75, 3.05) is 26.3 Å². The molecule has 0 unspecified atom stereocenters. The Morgan fingerprint density at radius 2 is 1.84 bits per heavy atom. The van der Waals surface area contributed by atoms with Crippen molar-refractivity contribution in [3.63, 3.8) is 0 Å². The van der Waals surface area contributed by atoms with Gasteiger partial charge in [0, 0.05) is 35.3 Å². The van der Waals surface area contributed by atoms with Crippen molar-refractivity contribution < 1.29 is 4.74 Å². The van der Waals surface area contributed by atoms with E-state index in [1.54, 1.807) is 0 Å². The maximum absolute atomic E-state index is 5.44. The summed E-state index contributed by atoms with van der Waals surface area (Å²) in [5.74, 6) is 0.901. The summed E-state index contributed by atoms with van der Waals surface area (Å²) in [6, 6.07) is 16.8. The molecule has 1 N–H and O–H groups in total. The Bertz CT molecular complexity index is 841. The molecule has 0 radical (unpaired) electrons. The minimum atomic E-state index is 0.811. The van der Waals surface area contributed by atoms with E-state index in [-0.39, 0.29) is 0 Å². The number of ether oxygens (including phenoxy) is 1. The third-order valence-electron chi connectivity index (χ3n) is 4.31. The van der Waals surface area contributed by atoms with Crippen LogP contribution in [0.5, 0.6) is 0 Å². The molecule has 0 amide bonds. The minimum absolute atomic E-state index is 0.811. The van der Waals surface area contributed by atoms with Crippen molar-refractivity contribution in [2.45, 2.75) is 11.8 Å². The van der Waals surface area contributed by atoms with Crippen LogP contribution in [0, 0.1) is 6.92 Å². The lowest BCUT2D eigenvalue weighted by Gasteiger charge is -2.26. The van der Waals surface area contributed by atoms with Gasteiger partial charge in [-0.3, -0.25) is 0 Å². The SMILES string of the molecule is Cc1ccc(-c2c[nH]c(-c3ccccc3)n2)cc1SN1CCOCC1. The van der Waals surface area contributed by atoms with Crippen LogP contribution in [0.15, 0.2) is 59.6 Å². The molecular weight excluding hydrogens is 330 g/mol. The highest BCUT2D eigenvalue weighted by Crippen LogP contribution is 2.31. The smallest absolute Gasteiger partial charge is 0.138 e. The Kier molecular flexibility index (Phi) is 4.88. The molecule has 0 saturated carbocycles. The van der Waals surface area contributed by atoms with Crippen LogP contribution in [0.25, 0.3) is 22.6 Å². The fraction of sp³-hybridized carbons (Fsp3) is 0.250. The highest BCUT2D eigenvalue weighted by Gasteiger charge is 2.14. The summed E-state index contributed by atoms with van der Waals surface area (Å²) in [5.41, 5.74) is 4.50. The molecule has 1 fully saturated rings. The Labute approximate surface area is 152 Å². The first-order chi connectivity index (χ1) is 12.3. The van der Waals surface area contributed by atoms with E-state index < -0.39 is 0 Å². The van der Waals surface area contributed by atoms with Crippen LogP contribution < -0.4 is 0 Å². The van der Waals surface area contributed by atoms with Gasteiger partial charge in [0.15, 0.2) is 0 Å². The van der Waals surface area contributed by atoms with Gasteiger partial charge in [-0.2, -0.15) is 0 Å². The van der Waals surface area contributed by atoms with Crippen LogP contribution >= 0.6 is 11.9 Å². The van der Waals surface area contributed by atoms with Gasteiger partial charge in [-0.25, -0.2) is 9.29 Å². The molecule has 4 nitrogen and oxygen atoms in total. The van der Waals surface area contributed by atoms with Gasteiger partial charge in [-0.05, 0) is 30.5 Å². The van der Waals surface area contributed by atoms with Crippen molar-refractivity contribution in [3.05, 3.63) is 60.3 Å². The lowest BCUT2D eigenvalue weighted by molar-refractivity contribution is 0.0773. The van der Waals surface area contributed by atoms with Gasteiger partial charge in [-0.1, -0.05) is 42.5 Å². The molecule has 2 heterocycles. The highest BCUT2D eigenvalue weighted by atomic mass is 32.2. The molecule has 5 heteroatoms. The second-order valence-corrected chi connectivity index (χ2v) is 7.25. The monoisotopic (exact) mass is 351 g/mol. The number of hydrogen-bond donors (Lipinski definition) is 1. The Hall–Kier alpha value is -2.08. The van der Waals surface area contributed by atoms with E-state index >= 15 is 0 Å². The van der Waals surface area contributed by atoms with E-state index in [4.69, 9.17) is 9.72 Å². The molecule has 2 aromatic carbocycles. The average Bonchev–Trinajstić information content (AvgIpc) is 3.15. The normalized spacial score (nSPS) is 15.4. The summed E-state index contributed by atoms with van der Waals surface area (Å²) in [7, 11) is 0. The number of nitrogens with one attached hydrogen (secondary N) is 1. The molecule has 1 saturated heterocycles. The van der Waals surface area contributed by atoms with Crippen molar-refractivity contribution in [1.82, 2.24) is 14.3 Å². The summed E-state index contributed by atoms with van der Waals surface area (Å²) in [4.78, 5) is 9.34. The van der Waals surface area contributed by atoms with E-state index in [2.05, 4.69) is 46.5 Å². The summed E-state index contributed by atoms with van der Waals surface area (Å²) >= 11 is 1.82. The second kappa shape index (κ2) is 7.44. The molecule has 0 aliphatic carbocycles. The lowest BCUT2D eigenvalue weighted by atomic mass is 10.1. The predicted octanol–water partition coefficient (Wildman–Crippen LogP) is 4.39. The predicted molar refractivity (Wildman–Crippen MR) is 102 cm³/mol. The number of morpholine rings is 1. The van der Waals surface area contributed by atoms with Crippen LogP contribution in [0.4, 0.5) is 0 Å². The van der Waals surface area contributed by atoms with Gasteiger partial charge in [0.05, 0.1) is 18.9 Å². The molecule has 0 atom stereocenters. The Balaban J connectivity index is 1.58. The van der Waals surface area contributed by atoms with Crippen LogP contribution in [0.3, 0.4) is 0 Å². The number of aromatic amines is 1. The topological polar surface area (TPSA) is 41.2 Å². The van der Waals surface area contributed by atoms with Crippen LogP contribution in [-0.4, -0.2) is 40.6 Å². The van der Waals surface area contributed by atoms with Gasteiger partial charge in [0.2, 0.25) is 0 Å². The lowest BCUT2D eigenvalue weighted by Crippen LogP contribution is -2.30. The van der Waals surface area contributed by atoms with Crippen LogP contribution in [0.1, 0.15) is 5.56 Å². The number of nitrogens with zero attached hydrogens (tertiary/aromatic N) is 2. The third kappa shape index (κ3) is 3.79. The molecule has 25 heavy (non-hydrogen) atoms. The standard InChI is InChI=1S/C20H21N3OS/c1-15-7-8-17(13-19(15)25-23-9-11-24-12-10-23)18-14-21-20(22-18)16-5-3-2-4-6-16/h2-8,13-14H,9-12H2,1H3,(H,21,22). The summed E-state index contributed by atoms with van der Waals surface area (Å²) in [6.07, 6.45) is 1.98. The number of aryl methyl sites for hydroxylation is 1. The summed E-state index contributed by atoms with van der Waals surface area (Å²) in [5, 5.41) is 0. The molecular formula is C20H21N3OS. The first kappa shape index (κ1) is 16.4. The first-order valence-corrected chi connectivity index (χ1v) is 9.29. The van der Waals surface area contributed by atoms with Gasteiger partial charge in [-0.15, -0.1) is 0 Å². The molecule has 1 aromatic heterocycles. The Morgan fingerprint density at radius 1 is 1.04 bits per heavy atom. The van der Waals surface area contributed by atoms with E-state index in [1.807, 2.05) is 36.3 Å². The fourth-order valence-corrected chi connectivity index (χ4v) is 3.85. The van der Waals surface area contributed by atoms with Gasteiger partial charge in [0.1, 0.15) is 5.82 Å². The minimum Gasteiger partial charge on any atom is -0.379 e. The third-order valence-corrected chi connectivity index (χ3v) is 5.57. The van der Waals surface area contributed by atoms with E-state index in [0.717, 1.165) is 48.9 Å². The van der Waals surface area contributed by atoms with Crippen LogP contribution in [0.2, 0.25) is 0 Å². The van der Waals surface area contributed by atoms with Crippen molar-refractivity contribution in [3.8, 4) is 22.6 Å². The molecule has 0 bridgehead atoms. The van der Waals surface area contributed by atoms with Crippen molar-refractivity contribution >= 4 is 11.9 Å². The number of imidazole rings is 1. The van der Waals surface area contributed by atoms with Crippen molar-refractivity contribution in [2.24, 2.45) is 0 Å². The maximum atomic E-state index is 5.44. The molecule has 1 aliphatic rings. The highest BCUT2D eigenvalue weighted by molar-refractivity contribution is 7.97. The first-order valence-electron chi connectivity index (χ1n) is 8.52. The number of aromatic nitrogens is 2. The van der Waals surface area contributed by atoms with E-state index in [1.165, 1.54) is 10.5 Å². The molecule has 3 aromatic rings. The van der Waals surface area contributed by atoms with E-state index in [9.17, 15) is 0 Å². The summed E-state index contributed by atoms with van der Waals surface area (Å²) < 4.78 is 7.81. The molecule has 4 rings (SSSR count). The zero-order chi connectivity index (χ0) is 17.1. The number of hydrogen-bond acceptors (Lipinski definition) is 4. The Morgan fingerprint density at radius 3 is 2.64 bits per heavy atom. The summed E-state index contributed by atoms with van der Waals surface area (Å²) in [6.45, 7) is 5.72. The van der Waals surface area contributed by atoms with Crippen LogP contribution in [-0.2, 0) is 4.74 Å². The van der Waals surface area contributed by atoms with E-state index in [0.29, 0.717) is 0 Å². The molecule has 1 aliphatic heterocycles. The quantitative estimate of drug-likeness (QED) is 0.708. The number of rotatable bonds is 4. The zero-order valence-corrected chi connectivity index (χ0v) is 15.1. The molecule has 128 valence electrons. The fourth-order valence-electron chi connectivity index (χ4n) is 2.85. The number of H-pyrrole nitrogens is 1. The van der Waals surface area contributed by atoms with Crippen molar-refractivity contribution in [1.29, 1.82) is 0 Å². The number of benzene rings is 2. The maximum Gasteiger partial charge on any atom is 0.138 e. The average molecular weight is 351 g/mol.